The summed E-state index contributed by atoms with van der Waals surface area (Å²) in [4.78, 5) is -0.742. The minimum Gasteiger partial charge on any atom is -0.404 e. The van der Waals surface area contributed by atoms with Gasteiger partial charge >= 0.3 is 11.9 Å². The monoisotopic (exact) mass is 355 g/mol. The summed E-state index contributed by atoms with van der Waals surface area (Å²) in [5.41, 5.74) is 0.336. The lowest BCUT2D eigenvalue weighted by Crippen LogP contribution is -2.18. The van der Waals surface area contributed by atoms with Crippen LogP contribution in [0, 0.1) is 0 Å². The van der Waals surface area contributed by atoms with Gasteiger partial charge in [0.05, 0.1) is 4.90 Å². The lowest BCUT2D eigenvalue weighted by molar-refractivity contribution is -0.275. The molecule has 0 atom stereocenters. The van der Waals surface area contributed by atoms with Gasteiger partial charge in [0, 0.05) is 16.2 Å². The highest BCUT2D eigenvalue weighted by Crippen LogP contribution is 2.47. The van der Waals surface area contributed by atoms with Gasteiger partial charge in [0.25, 0.3) is 0 Å². The summed E-state index contributed by atoms with van der Waals surface area (Å²) in [6, 6.07) is 1.73. The van der Waals surface area contributed by atoms with Gasteiger partial charge in [-0.1, -0.05) is 0 Å². The fourth-order valence-corrected chi connectivity index (χ4v) is 2.30. The Hall–Kier alpha value is -0.770. The minimum absolute atomic E-state index is 0.160. The Morgan fingerprint density at radius 1 is 1.11 bits per heavy atom. The fourth-order valence-electron chi connectivity index (χ4n) is 1.00. The smallest absolute Gasteiger partial charge is 0.404 e. The lowest BCUT2D eigenvalue weighted by atomic mass is 10.3. The molecule has 0 spiro atoms. The third-order valence-electron chi connectivity index (χ3n) is 1.48. The molecule has 10 heteroatoms. The van der Waals surface area contributed by atoms with Gasteiger partial charge in [-0.05, 0) is 33.8 Å². The fraction of sp³-hybridized carbons (Fsp3) is 0.250. The van der Waals surface area contributed by atoms with E-state index in [-0.39, 0.29) is 10.2 Å². The number of anilines is 1. The maximum absolute atomic E-state index is 12.2. The van der Waals surface area contributed by atoms with Crippen LogP contribution in [0.2, 0.25) is 0 Å². The number of hydrogen-bond acceptors (Lipinski definition) is 3. The summed E-state index contributed by atoms with van der Waals surface area (Å²) in [6.07, 6.45) is -5.10. The third kappa shape index (κ3) is 4.84. The van der Waals surface area contributed by atoms with Crippen molar-refractivity contribution in [2.24, 2.45) is 0 Å². The summed E-state index contributed by atoms with van der Waals surface area (Å²) in [7, 11) is 0. The number of benzene rings is 1. The maximum atomic E-state index is 12.2. The number of alkyl halides is 6. The van der Waals surface area contributed by atoms with Gasteiger partial charge in [0.15, 0.2) is 0 Å². The van der Waals surface area contributed by atoms with E-state index in [2.05, 4.69) is 20.7 Å². The van der Waals surface area contributed by atoms with E-state index in [1.807, 2.05) is 0 Å². The number of rotatable bonds is 2. The van der Waals surface area contributed by atoms with Crippen LogP contribution in [0.5, 0.6) is 5.75 Å². The molecule has 0 saturated carbocycles. The maximum Gasteiger partial charge on any atom is 0.573 e. The summed E-state index contributed by atoms with van der Waals surface area (Å²) in [6.45, 7) is 0. The van der Waals surface area contributed by atoms with Crippen molar-refractivity contribution in [2.75, 3.05) is 5.73 Å². The van der Waals surface area contributed by atoms with Crippen LogP contribution in [0.4, 0.5) is 32.0 Å². The SMILES string of the molecule is Nc1cc(Br)c(SC(F)(F)F)c(OC(F)(F)F)c1. The first-order valence-corrected chi connectivity index (χ1v) is 5.69. The normalized spacial score (nSPS) is 12.6. The van der Waals surface area contributed by atoms with Crippen molar-refractivity contribution in [3.05, 3.63) is 16.6 Å². The molecule has 0 aliphatic carbocycles. The first-order chi connectivity index (χ1) is 7.98. The predicted molar refractivity (Wildman–Crippen MR) is 57.1 cm³/mol. The molecule has 0 aliphatic heterocycles. The Morgan fingerprint density at radius 2 is 1.67 bits per heavy atom. The molecule has 2 nitrogen and oxygen atoms in total. The molecule has 0 aromatic heterocycles. The van der Waals surface area contributed by atoms with Crippen LogP contribution >= 0.6 is 27.7 Å². The molecular weight excluding hydrogens is 352 g/mol. The molecule has 0 heterocycles. The Bertz CT molecular complexity index is 446. The van der Waals surface area contributed by atoms with Crippen LogP contribution in [0.1, 0.15) is 0 Å². The second-order valence-corrected chi connectivity index (χ2v) is 4.86. The van der Waals surface area contributed by atoms with E-state index in [1.165, 1.54) is 0 Å². The van der Waals surface area contributed by atoms with Gasteiger partial charge in [-0.15, -0.1) is 13.2 Å². The van der Waals surface area contributed by atoms with Gasteiger partial charge in [-0.3, -0.25) is 0 Å². The molecule has 2 N–H and O–H groups in total. The number of hydrogen-bond donors (Lipinski definition) is 1. The molecule has 1 rings (SSSR count). The van der Waals surface area contributed by atoms with Crippen molar-refractivity contribution in [1.82, 2.24) is 0 Å². The van der Waals surface area contributed by atoms with E-state index in [0.29, 0.717) is 6.07 Å². The summed E-state index contributed by atoms with van der Waals surface area (Å²) >= 11 is 1.99. The Labute approximate surface area is 110 Å². The minimum atomic E-state index is -5.10. The number of halogens is 7. The number of nitrogen functional groups attached to an aromatic ring is 1. The zero-order valence-electron chi connectivity index (χ0n) is 8.19. The first kappa shape index (κ1) is 15.3. The Morgan fingerprint density at radius 3 is 2.11 bits per heavy atom. The van der Waals surface area contributed by atoms with Crippen molar-refractivity contribution >= 4 is 33.4 Å². The summed E-state index contributed by atoms with van der Waals surface area (Å²) < 4.78 is 76.1. The summed E-state index contributed by atoms with van der Waals surface area (Å²) in [5, 5.41) is 0. The largest absolute Gasteiger partial charge is 0.573 e. The van der Waals surface area contributed by atoms with E-state index in [9.17, 15) is 26.3 Å². The standard InChI is InChI=1S/C8H4BrF6NOS/c9-4-1-3(16)2-5(17-7(10,11)12)6(4)18-8(13,14)15/h1-2H,16H2. The zero-order valence-corrected chi connectivity index (χ0v) is 10.6. The van der Waals surface area contributed by atoms with Gasteiger partial charge in [-0.2, -0.15) is 13.2 Å². The van der Waals surface area contributed by atoms with E-state index in [0.717, 1.165) is 6.07 Å². The van der Waals surface area contributed by atoms with Crippen LogP contribution in [-0.2, 0) is 0 Å². The van der Waals surface area contributed by atoms with Crippen molar-refractivity contribution in [3.8, 4) is 5.75 Å². The molecular formula is C8H4BrF6NOS. The van der Waals surface area contributed by atoms with Gasteiger partial charge in [0.2, 0.25) is 0 Å². The second-order valence-electron chi connectivity index (χ2n) is 2.93. The molecule has 0 radical (unpaired) electrons. The average molecular weight is 356 g/mol. The molecule has 0 fully saturated rings. The van der Waals surface area contributed by atoms with Crippen LogP contribution in [0.3, 0.4) is 0 Å². The Balaban J connectivity index is 3.21. The van der Waals surface area contributed by atoms with Gasteiger partial charge in [0.1, 0.15) is 5.75 Å². The van der Waals surface area contributed by atoms with E-state index in [4.69, 9.17) is 5.73 Å². The summed E-state index contributed by atoms with van der Waals surface area (Å²) in [5.74, 6) is -1.00. The average Bonchev–Trinajstić information content (AvgIpc) is 2.06. The third-order valence-corrected chi connectivity index (χ3v) is 3.22. The second kappa shape index (κ2) is 5.08. The highest BCUT2D eigenvalue weighted by atomic mass is 79.9. The highest BCUT2D eigenvalue weighted by Gasteiger charge is 2.36. The van der Waals surface area contributed by atoms with Gasteiger partial charge in [-0.25, -0.2) is 0 Å². The number of nitrogens with two attached hydrogens (primary N) is 1. The molecule has 1 aromatic rings. The first-order valence-electron chi connectivity index (χ1n) is 4.08. The predicted octanol–water partition coefficient (Wildman–Crippen LogP) is 4.54. The topological polar surface area (TPSA) is 35.2 Å². The zero-order chi connectivity index (χ0) is 14.1. The molecule has 0 amide bonds. The molecule has 0 saturated heterocycles. The van der Waals surface area contributed by atoms with E-state index >= 15 is 0 Å². The van der Waals surface area contributed by atoms with Crippen LogP contribution in [0.15, 0.2) is 21.5 Å². The van der Waals surface area contributed by atoms with Crippen molar-refractivity contribution < 1.29 is 31.1 Å². The van der Waals surface area contributed by atoms with Gasteiger partial charge < -0.3 is 10.5 Å². The highest BCUT2D eigenvalue weighted by molar-refractivity contribution is 9.10. The molecule has 0 unspecified atom stereocenters. The molecule has 0 bridgehead atoms. The Kier molecular flexibility index (Phi) is 4.31. The lowest BCUT2D eigenvalue weighted by Gasteiger charge is -2.16. The van der Waals surface area contributed by atoms with Crippen LogP contribution in [0.25, 0.3) is 0 Å². The molecule has 0 aliphatic rings. The van der Waals surface area contributed by atoms with E-state index < -0.39 is 34.3 Å². The number of thioether (sulfide) groups is 1. The van der Waals surface area contributed by atoms with Crippen LogP contribution < -0.4 is 10.5 Å². The molecule has 18 heavy (non-hydrogen) atoms. The van der Waals surface area contributed by atoms with Crippen molar-refractivity contribution in [2.45, 2.75) is 16.8 Å². The molecule has 102 valence electrons. The number of ether oxygens (including phenoxy) is 1. The molecule has 1 aromatic carbocycles. The van der Waals surface area contributed by atoms with Crippen molar-refractivity contribution in [1.29, 1.82) is 0 Å². The van der Waals surface area contributed by atoms with E-state index in [1.54, 1.807) is 0 Å². The van der Waals surface area contributed by atoms with Crippen LogP contribution in [-0.4, -0.2) is 11.9 Å². The van der Waals surface area contributed by atoms with Crippen molar-refractivity contribution in [3.63, 3.8) is 0 Å². The quantitative estimate of drug-likeness (QED) is 0.480.